The Morgan fingerprint density at radius 3 is 2.66 bits per heavy atom. The van der Waals surface area contributed by atoms with Crippen molar-refractivity contribution in [2.24, 2.45) is 7.05 Å². The molecule has 0 aromatic carbocycles. The number of aromatic nitrogens is 6. The Hall–Kier alpha value is -3.70. The SMILES string of the molecule is CN1CC[C@@](O)(c2ncc(-c3cccc(-c4ccnc(Nc5ccn(C)n5)n4)n3)s2)C1=O. The summed E-state index contributed by atoms with van der Waals surface area (Å²) in [5.41, 5.74) is 0.440. The predicted octanol–water partition coefficient (Wildman–Crippen LogP) is 2.19. The van der Waals surface area contributed by atoms with Crippen LogP contribution in [0.3, 0.4) is 0 Å². The van der Waals surface area contributed by atoms with Gasteiger partial charge in [-0.1, -0.05) is 6.07 Å². The number of amides is 1. The quantitative estimate of drug-likeness (QED) is 0.476. The van der Waals surface area contributed by atoms with Gasteiger partial charge in [-0.15, -0.1) is 11.3 Å². The first kappa shape index (κ1) is 20.2. The molecule has 0 spiro atoms. The van der Waals surface area contributed by atoms with Crippen molar-refractivity contribution in [2.45, 2.75) is 12.0 Å². The van der Waals surface area contributed by atoms with Crippen LogP contribution in [-0.2, 0) is 17.4 Å². The van der Waals surface area contributed by atoms with E-state index in [1.54, 1.807) is 30.2 Å². The van der Waals surface area contributed by atoms with Crippen molar-refractivity contribution in [2.75, 3.05) is 18.9 Å². The number of hydrogen-bond donors (Lipinski definition) is 2. The van der Waals surface area contributed by atoms with Gasteiger partial charge in [0.2, 0.25) is 5.95 Å². The molecule has 32 heavy (non-hydrogen) atoms. The molecular formula is C21H20N8O2S. The predicted molar refractivity (Wildman–Crippen MR) is 119 cm³/mol. The van der Waals surface area contributed by atoms with Gasteiger partial charge in [-0.2, -0.15) is 5.10 Å². The Morgan fingerprint density at radius 2 is 1.91 bits per heavy atom. The van der Waals surface area contributed by atoms with E-state index in [1.165, 1.54) is 16.2 Å². The van der Waals surface area contributed by atoms with Crippen LogP contribution in [-0.4, -0.2) is 59.2 Å². The van der Waals surface area contributed by atoms with Gasteiger partial charge >= 0.3 is 0 Å². The zero-order chi connectivity index (χ0) is 22.3. The molecular weight excluding hydrogens is 428 g/mol. The van der Waals surface area contributed by atoms with E-state index in [0.717, 1.165) is 4.88 Å². The number of likely N-dealkylation sites (tertiary alicyclic amines) is 1. The van der Waals surface area contributed by atoms with E-state index in [1.807, 2.05) is 37.5 Å². The zero-order valence-electron chi connectivity index (χ0n) is 17.4. The molecule has 0 unspecified atom stereocenters. The van der Waals surface area contributed by atoms with E-state index in [2.05, 4.69) is 25.4 Å². The van der Waals surface area contributed by atoms with Crippen LogP contribution in [0, 0.1) is 0 Å². The first-order valence-corrected chi connectivity index (χ1v) is 10.8. The van der Waals surface area contributed by atoms with Crippen LogP contribution in [0.1, 0.15) is 11.4 Å². The van der Waals surface area contributed by atoms with Crippen molar-refractivity contribution in [3.63, 3.8) is 0 Å². The Labute approximate surface area is 187 Å². The van der Waals surface area contributed by atoms with Gasteiger partial charge in [0.1, 0.15) is 5.01 Å². The van der Waals surface area contributed by atoms with E-state index >= 15 is 0 Å². The van der Waals surface area contributed by atoms with Gasteiger partial charge in [-0.3, -0.25) is 9.48 Å². The fraction of sp³-hybridized carbons (Fsp3) is 0.238. The Balaban J connectivity index is 1.42. The lowest BCUT2D eigenvalue weighted by Gasteiger charge is -2.17. The van der Waals surface area contributed by atoms with Crippen LogP contribution in [0.15, 0.2) is 48.9 Å². The highest BCUT2D eigenvalue weighted by atomic mass is 32.1. The summed E-state index contributed by atoms with van der Waals surface area (Å²) < 4.78 is 1.69. The number of hydrogen-bond acceptors (Lipinski definition) is 9. The van der Waals surface area contributed by atoms with Gasteiger partial charge in [0.05, 0.1) is 22.0 Å². The number of thiazole rings is 1. The van der Waals surface area contributed by atoms with Crippen LogP contribution in [0.2, 0.25) is 0 Å². The number of carbonyl (C=O) groups excluding carboxylic acids is 1. The molecule has 1 aliphatic heterocycles. The van der Waals surface area contributed by atoms with Crippen LogP contribution >= 0.6 is 11.3 Å². The smallest absolute Gasteiger partial charge is 0.261 e. The summed E-state index contributed by atoms with van der Waals surface area (Å²) in [5, 5.41) is 18.6. The summed E-state index contributed by atoms with van der Waals surface area (Å²) >= 11 is 1.27. The molecule has 162 valence electrons. The van der Waals surface area contributed by atoms with Crippen LogP contribution in [0.5, 0.6) is 0 Å². The Morgan fingerprint density at radius 1 is 1.09 bits per heavy atom. The average Bonchev–Trinajstić information content (AvgIpc) is 3.52. The fourth-order valence-electron chi connectivity index (χ4n) is 3.51. The van der Waals surface area contributed by atoms with Gasteiger partial charge in [-0.05, 0) is 18.2 Å². The lowest BCUT2D eigenvalue weighted by molar-refractivity contribution is -0.143. The third-order valence-corrected chi connectivity index (χ3v) is 6.41. The van der Waals surface area contributed by atoms with E-state index in [9.17, 15) is 9.90 Å². The van der Waals surface area contributed by atoms with Crippen molar-refractivity contribution in [3.05, 3.63) is 53.9 Å². The van der Waals surface area contributed by atoms with Crippen LogP contribution < -0.4 is 5.32 Å². The third-order valence-electron chi connectivity index (χ3n) is 5.24. The second-order valence-electron chi connectivity index (χ2n) is 7.54. The van der Waals surface area contributed by atoms with Gasteiger partial charge in [0.15, 0.2) is 11.4 Å². The molecule has 1 atom stereocenters. The van der Waals surface area contributed by atoms with Crippen molar-refractivity contribution in [1.29, 1.82) is 0 Å². The summed E-state index contributed by atoms with van der Waals surface area (Å²) in [7, 11) is 3.51. The summed E-state index contributed by atoms with van der Waals surface area (Å²) in [4.78, 5) is 32.5. The zero-order valence-corrected chi connectivity index (χ0v) is 18.2. The van der Waals surface area contributed by atoms with E-state index in [-0.39, 0.29) is 5.91 Å². The topological polar surface area (TPSA) is 122 Å². The standard InChI is InChI=1S/C21H20N8O2S/c1-28-11-8-21(31,19(28)30)18-23-12-16(32-18)15-5-3-4-13(24-15)14-6-9-22-20(25-14)26-17-7-10-29(2)27-17/h3-7,9-10,12,31H,8,11H2,1-2H3,(H,22,25,26,27)/t21-/m1/s1. The first-order valence-electron chi connectivity index (χ1n) is 9.94. The molecule has 1 aliphatic rings. The molecule has 0 bridgehead atoms. The molecule has 4 aromatic heterocycles. The van der Waals surface area contributed by atoms with E-state index in [4.69, 9.17) is 4.98 Å². The molecule has 4 aromatic rings. The largest absolute Gasteiger partial charge is 0.373 e. The minimum absolute atomic E-state index is 0.325. The first-order chi connectivity index (χ1) is 15.4. The summed E-state index contributed by atoms with van der Waals surface area (Å²) in [6.45, 7) is 0.501. The number of nitrogens with zero attached hydrogens (tertiary/aromatic N) is 7. The van der Waals surface area contributed by atoms with Crippen molar-refractivity contribution < 1.29 is 9.90 Å². The van der Waals surface area contributed by atoms with Gasteiger partial charge in [0.25, 0.3) is 5.91 Å². The number of rotatable bonds is 5. The fourth-order valence-corrected chi connectivity index (χ4v) is 4.50. The number of aryl methyl sites for hydroxylation is 1. The number of carbonyl (C=O) groups is 1. The normalized spacial score (nSPS) is 18.3. The number of likely N-dealkylation sites (N-methyl/N-ethyl adjacent to an activating group) is 1. The summed E-state index contributed by atoms with van der Waals surface area (Å²) in [5.74, 6) is 0.738. The molecule has 1 saturated heterocycles. The van der Waals surface area contributed by atoms with Gasteiger partial charge in [-0.25, -0.2) is 19.9 Å². The maximum Gasteiger partial charge on any atom is 0.261 e. The van der Waals surface area contributed by atoms with Gasteiger partial charge in [0, 0.05) is 51.7 Å². The minimum Gasteiger partial charge on any atom is -0.373 e. The number of nitrogens with one attached hydrogen (secondary N) is 1. The molecule has 0 aliphatic carbocycles. The molecule has 0 radical (unpaired) electrons. The monoisotopic (exact) mass is 448 g/mol. The summed E-state index contributed by atoms with van der Waals surface area (Å²) in [6.07, 6.45) is 5.46. The average molecular weight is 449 g/mol. The maximum atomic E-state index is 12.4. The van der Waals surface area contributed by atoms with Crippen LogP contribution in [0.25, 0.3) is 22.0 Å². The molecule has 1 fully saturated rings. The van der Waals surface area contributed by atoms with Crippen LogP contribution in [0.4, 0.5) is 11.8 Å². The highest BCUT2D eigenvalue weighted by Crippen LogP contribution is 2.37. The van der Waals surface area contributed by atoms with Crippen molar-refractivity contribution in [1.82, 2.24) is 34.6 Å². The lowest BCUT2D eigenvalue weighted by Crippen LogP contribution is -2.35. The molecule has 5 heterocycles. The third kappa shape index (κ3) is 3.61. The highest BCUT2D eigenvalue weighted by Gasteiger charge is 2.47. The lowest BCUT2D eigenvalue weighted by atomic mass is 10.0. The minimum atomic E-state index is -1.56. The van der Waals surface area contributed by atoms with Crippen molar-refractivity contribution in [3.8, 4) is 22.0 Å². The van der Waals surface area contributed by atoms with E-state index < -0.39 is 5.60 Å². The highest BCUT2D eigenvalue weighted by molar-refractivity contribution is 7.15. The molecule has 2 N–H and O–H groups in total. The molecule has 11 heteroatoms. The second kappa shape index (κ2) is 7.77. The second-order valence-corrected chi connectivity index (χ2v) is 8.57. The molecule has 5 rings (SSSR count). The molecule has 1 amide bonds. The molecule has 10 nitrogen and oxygen atoms in total. The Kier molecular flexibility index (Phi) is 4.91. The number of anilines is 2. The molecule has 0 saturated carbocycles. The Bertz CT molecular complexity index is 1300. The maximum absolute atomic E-state index is 12.4. The van der Waals surface area contributed by atoms with Crippen molar-refractivity contribution >= 4 is 29.0 Å². The summed E-state index contributed by atoms with van der Waals surface area (Å²) in [6, 6.07) is 9.22. The number of pyridine rings is 1. The van der Waals surface area contributed by atoms with E-state index in [0.29, 0.717) is 46.8 Å². The number of aliphatic hydroxyl groups is 1. The van der Waals surface area contributed by atoms with Gasteiger partial charge < -0.3 is 15.3 Å².